The number of nitrogens with zero attached hydrogens (tertiary/aromatic N) is 2. The van der Waals surface area contributed by atoms with Crippen LogP contribution < -0.4 is 0 Å². The van der Waals surface area contributed by atoms with Gasteiger partial charge in [0.1, 0.15) is 11.6 Å². The second kappa shape index (κ2) is 6.05. The number of nitrogens with one attached hydrogen (secondary N) is 2. The minimum Gasteiger partial charge on any atom is -0.342 e. The molecule has 2 N–H and O–H groups in total. The van der Waals surface area contributed by atoms with E-state index >= 15 is 0 Å². The summed E-state index contributed by atoms with van der Waals surface area (Å²) in [5.74, 6) is 2.02. The first-order chi connectivity index (χ1) is 10.7. The number of hydrogen-bond acceptors (Lipinski definition) is 2. The summed E-state index contributed by atoms with van der Waals surface area (Å²) in [6.07, 6.45) is 1.71. The summed E-state index contributed by atoms with van der Waals surface area (Å²) in [6, 6.07) is 12.6. The molecule has 0 fully saturated rings. The molecule has 0 saturated heterocycles. The van der Waals surface area contributed by atoms with Crippen molar-refractivity contribution in [2.45, 2.75) is 26.7 Å². The quantitative estimate of drug-likeness (QED) is 0.591. The molecule has 0 aliphatic heterocycles. The van der Waals surface area contributed by atoms with Crippen molar-refractivity contribution < 1.29 is 0 Å². The molecule has 2 heterocycles. The Balaban J connectivity index is 0.00000156. The van der Waals surface area contributed by atoms with Crippen LogP contribution in [0, 0.1) is 13.8 Å². The first-order valence-corrected chi connectivity index (χ1v) is 7.58. The summed E-state index contributed by atoms with van der Waals surface area (Å²) in [5.41, 5.74) is 6.76. The summed E-state index contributed by atoms with van der Waals surface area (Å²) < 4.78 is 0. The van der Waals surface area contributed by atoms with Crippen molar-refractivity contribution in [3.63, 3.8) is 0 Å². The molecule has 0 bridgehead atoms. The molecule has 2 aromatic carbocycles. The molecule has 0 radical (unpaired) electrons. The van der Waals surface area contributed by atoms with Gasteiger partial charge >= 0.3 is 0 Å². The van der Waals surface area contributed by atoms with E-state index in [2.05, 4.69) is 70.2 Å². The Morgan fingerprint density at radius 3 is 1.61 bits per heavy atom. The molecule has 118 valence electrons. The van der Waals surface area contributed by atoms with E-state index in [1.165, 1.54) is 11.1 Å². The highest BCUT2D eigenvalue weighted by Crippen LogP contribution is 2.16. The van der Waals surface area contributed by atoms with Crippen LogP contribution in [0.3, 0.4) is 0 Å². The lowest BCUT2D eigenvalue weighted by molar-refractivity contribution is 0.844. The standard InChI is InChI=1S/C18H18N4.ClH/c1-11-3-5-13-15(9-11)21-17(19-13)7-8-18-20-14-6-4-12(2)10-16(14)22-18;/h3-6,9-10H,7-8H2,1-2H3,(H,19,21)(H,20,22);1H. The van der Waals surface area contributed by atoms with E-state index in [4.69, 9.17) is 0 Å². The van der Waals surface area contributed by atoms with Gasteiger partial charge in [0.25, 0.3) is 0 Å². The molecule has 0 unspecified atom stereocenters. The first-order valence-electron chi connectivity index (χ1n) is 7.58. The lowest BCUT2D eigenvalue weighted by Crippen LogP contribution is -1.95. The van der Waals surface area contributed by atoms with Crippen LogP contribution in [0.1, 0.15) is 22.8 Å². The Hall–Kier alpha value is -2.33. The van der Waals surface area contributed by atoms with E-state index in [1.54, 1.807) is 0 Å². The molecule has 0 aliphatic carbocycles. The van der Waals surface area contributed by atoms with E-state index in [1.807, 2.05) is 0 Å². The van der Waals surface area contributed by atoms with Gasteiger partial charge in [-0.15, -0.1) is 12.4 Å². The van der Waals surface area contributed by atoms with Crippen molar-refractivity contribution in [2.75, 3.05) is 0 Å². The Bertz CT molecular complexity index is 888. The first kappa shape index (κ1) is 15.6. The van der Waals surface area contributed by atoms with Crippen LogP contribution in [-0.4, -0.2) is 19.9 Å². The number of aromatic nitrogens is 4. The van der Waals surface area contributed by atoms with Gasteiger partial charge in [-0.1, -0.05) is 12.1 Å². The van der Waals surface area contributed by atoms with Crippen LogP contribution in [-0.2, 0) is 12.8 Å². The van der Waals surface area contributed by atoms with Crippen molar-refractivity contribution >= 4 is 34.5 Å². The second-order valence-electron chi connectivity index (χ2n) is 5.91. The summed E-state index contributed by atoms with van der Waals surface area (Å²) >= 11 is 0. The largest absolute Gasteiger partial charge is 0.342 e. The van der Waals surface area contributed by atoms with Gasteiger partial charge in [-0.3, -0.25) is 0 Å². The Morgan fingerprint density at radius 1 is 0.739 bits per heavy atom. The highest BCUT2D eigenvalue weighted by atomic mass is 35.5. The number of aromatic amines is 2. The molecule has 0 atom stereocenters. The highest BCUT2D eigenvalue weighted by Gasteiger charge is 2.06. The molecule has 4 nitrogen and oxygen atoms in total. The van der Waals surface area contributed by atoms with Gasteiger partial charge in [-0.05, 0) is 49.2 Å². The fraction of sp³-hybridized carbons (Fsp3) is 0.222. The molecular formula is C18H19ClN4. The molecule has 23 heavy (non-hydrogen) atoms. The molecular weight excluding hydrogens is 308 g/mol. The molecule has 0 saturated carbocycles. The van der Waals surface area contributed by atoms with Crippen molar-refractivity contribution in [3.05, 3.63) is 59.2 Å². The van der Waals surface area contributed by atoms with Crippen LogP contribution in [0.4, 0.5) is 0 Å². The van der Waals surface area contributed by atoms with Gasteiger partial charge in [0, 0.05) is 12.8 Å². The lowest BCUT2D eigenvalue weighted by atomic mass is 10.2. The van der Waals surface area contributed by atoms with Crippen LogP contribution >= 0.6 is 12.4 Å². The van der Waals surface area contributed by atoms with Gasteiger partial charge in [0.05, 0.1) is 22.1 Å². The molecule has 0 spiro atoms. The third kappa shape index (κ3) is 3.08. The Kier molecular flexibility index (Phi) is 4.09. The van der Waals surface area contributed by atoms with Gasteiger partial charge in [-0.2, -0.15) is 0 Å². The third-order valence-corrected chi connectivity index (χ3v) is 3.97. The number of imidazole rings is 2. The van der Waals surface area contributed by atoms with Gasteiger partial charge in [0.15, 0.2) is 0 Å². The number of hydrogen-bond donors (Lipinski definition) is 2. The monoisotopic (exact) mass is 326 g/mol. The van der Waals surface area contributed by atoms with Gasteiger partial charge < -0.3 is 9.97 Å². The van der Waals surface area contributed by atoms with Gasteiger partial charge in [-0.25, -0.2) is 9.97 Å². The van der Waals surface area contributed by atoms with Crippen LogP contribution in [0.25, 0.3) is 22.1 Å². The SMILES string of the molecule is Cc1ccc2nc(CCc3nc4ccc(C)cc4[nH]3)[nH]c2c1.Cl. The maximum absolute atomic E-state index is 4.64. The fourth-order valence-electron chi connectivity index (χ4n) is 2.83. The number of aryl methyl sites for hydroxylation is 4. The number of halogens is 1. The molecule has 2 aromatic heterocycles. The Morgan fingerprint density at radius 2 is 1.17 bits per heavy atom. The minimum absolute atomic E-state index is 0. The zero-order valence-electron chi connectivity index (χ0n) is 13.2. The lowest BCUT2D eigenvalue weighted by Gasteiger charge is -1.93. The smallest absolute Gasteiger partial charge is 0.107 e. The van der Waals surface area contributed by atoms with Gasteiger partial charge in [0.2, 0.25) is 0 Å². The fourth-order valence-corrected chi connectivity index (χ4v) is 2.83. The number of benzene rings is 2. The van der Waals surface area contributed by atoms with Crippen molar-refractivity contribution in [3.8, 4) is 0 Å². The molecule has 5 heteroatoms. The number of rotatable bonds is 3. The molecule has 0 aliphatic rings. The maximum Gasteiger partial charge on any atom is 0.107 e. The number of fused-ring (bicyclic) bond motifs is 2. The highest BCUT2D eigenvalue weighted by molar-refractivity contribution is 5.85. The minimum atomic E-state index is 0. The van der Waals surface area contributed by atoms with Crippen LogP contribution in [0.5, 0.6) is 0 Å². The molecule has 0 amide bonds. The van der Waals surface area contributed by atoms with E-state index in [0.29, 0.717) is 0 Å². The molecule has 4 rings (SSSR count). The predicted octanol–water partition coefficient (Wildman–Crippen LogP) is 4.26. The summed E-state index contributed by atoms with van der Waals surface area (Å²) in [4.78, 5) is 16.1. The predicted molar refractivity (Wildman–Crippen MR) is 96.3 cm³/mol. The van der Waals surface area contributed by atoms with Crippen molar-refractivity contribution in [1.82, 2.24) is 19.9 Å². The summed E-state index contributed by atoms with van der Waals surface area (Å²) in [7, 11) is 0. The Labute approximate surface area is 140 Å². The van der Waals surface area contributed by atoms with E-state index in [0.717, 1.165) is 46.6 Å². The van der Waals surface area contributed by atoms with Crippen molar-refractivity contribution in [2.24, 2.45) is 0 Å². The average Bonchev–Trinajstić information content (AvgIpc) is 3.07. The van der Waals surface area contributed by atoms with E-state index in [9.17, 15) is 0 Å². The van der Waals surface area contributed by atoms with Crippen molar-refractivity contribution in [1.29, 1.82) is 0 Å². The normalized spacial score (nSPS) is 11.0. The topological polar surface area (TPSA) is 57.4 Å². The summed E-state index contributed by atoms with van der Waals surface area (Å²) in [5, 5.41) is 0. The average molecular weight is 327 g/mol. The van der Waals surface area contributed by atoms with E-state index in [-0.39, 0.29) is 12.4 Å². The van der Waals surface area contributed by atoms with E-state index < -0.39 is 0 Å². The zero-order valence-corrected chi connectivity index (χ0v) is 14.0. The third-order valence-electron chi connectivity index (χ3n) is 3.97. The zero-order chi connectivity index (χ0) is 15.1. The molecule has 4 aromatic rings. The summed E-state index contributed by atoms with van der Waals surface area (Å²) in [6.45, 7) is 4.19. The second-order valence-corrected chi connectivity index (χ2v) is 5.91. The van der Waals surface area contributed by atoms with Crippen LogP contribution in [0.15, 0.2) is 36.4 Å². The number of H-pyrrole nitrogens is 2. The van der Waals surface area contributed by atoms with Crippen LogP contribution in [0.2, 0.25) is 0 Å². The maximum atomic E-state index is 4.64.